The van der Waals surface area contributed by atoms with Crippen molar-refractivity contribution in [2.45, 2.75) is 76.7 Å². The number of alkyl halides is 3. The smallest absolute Gasteiger partial charge is 0.475 e. The van der Waals surface area contributed by atoms with Crippen LogP contribution in [0.25, 0.3) is 10.8 Å². The lowest BCUT2D eigenvalue weighted by atomic mass is 9.83. The van der Waals surface area contributed by atoms with Gasteiger partial charge in [0.15, 0.2) is 0 Å². The number of amides is 3. The van der Waals surface area contributed by atoms with Gasteiger partial charge in [0.25, 0.3) is 0 Å². The summed E-state index contributed by atoms with van der Waals surface area (Å²) in [6.07, 6.45) is -0.492. The van der Waals surface area contributed by atoms with Crippen LogP contribution in [0.4, 0.5) is 13.2 Å². The molecule has 314 valence electrons. The van der Waals surface area contributed by atoms with Crippen LogP contribution < -0.4 is 16.4 Å². The third kappa shape index (κ3) is 13.4. The summed E-state index contributed by atoms with van der Waals surface area (Å²) in [5.41, 5.74) is 8.70. The lowest BCUT2D eigenvalue weighted by molar-refractivity contribution is -0.192. The second kappa shape index (κ2) is 21.5. The molecule has 0 spiro atoms. The summed E-state index contributed by atoms with van der Waals surface area (Å²) >= 11 is 0. The van der Waals surface area contributed by atoms with Crippen molar-refractivity contribution in [2.75, 3.05) is 13.7 Å². The number of fused-ring (bicyclic) bond motifs is 1. The van der Waals surface area contributed by atoms with Crippen LogP contribution in [0.1, 0.15) is 61.3 Å². The number of carboxylic acid groups (broad SMARTS) is 1. The van der Waals surface area contributed by atoms with Gasteiger partial charge in [-0.2, -0.15) is 13.2 Å². The van der Waals surface area contributed by atoms with E-state index in [1.54, 1.807) is 38.2 Å². The first kappa shape index (κ1) is 45.5. The number of nitrogen functional groups attached to an aromatic ring is 1. The van der Waals surface area contributed by atoms with Crippen LogP contribution in [0.3, 0.4) is 0 Å². The highest BCUT2D eigenvalue weighted by Crippen LogP contribution is 2.28. The summed E-state index contributed by atoms with van der Waals surface area (Å²) in [6, 6.07) is 28.2. The van der Waals surface area contributed by atoms with Crippen molar-refractivity contribution in [3.63, 3.8) is 0 Å². The number of aliphatic carboxylic acids is 1. The van der Waals surface area contributed by atoms with Crippen LogP contribution in [-0.4, -0.2) is 77.4 Å². The summed E-state index contributed by atoms with van der Waals surface area (Å²) in [7, 11) is 1.66. The first-order chi connectivity index (χ1) is 28.1. The van der Waals surface area contributed by atoms with Crippen LogP contribution in [0, 0.1) is 17.2 Å². The number of nitrogens with two attached hydrogens (primary N) is 1. The van der Waals surface area contributed by atoms with Crippen LogP contribution in [0.5, 0.6) is 0 Å². The number of carboxylic acids is 1. The number of nitrogens with zero attached hydrogens (tertiary/aromatic N) is 1. The fraction of sp³-hybridized carbons (Fsp3) is 0.364. The molecule has 0 saturated heterocycles. The molecule has 2 unspecified atom stereocenters. The van der Waals surface area contributed by atoms with E-state index in [1.165, 1.54) is 4.90 Å². The molecule has 0 radical (unpaired) electrons. The monoisotopic (exact) mass is 817 g/mol. The lowest BCUT2D eigenvalue weighted by Crippen LogP contribution is -2.57. The minimum absolute atomic E-state index is 0.0769. The molecule has 0 aromatic heterocycles. The molecule has 4 aromatic rings. The van der Waals surface area contributed by atoms with Crippen molar-refractivity contribution in [1.29, 1.82) is 5.41 Å². The molecule has 3 atom stereocenters. The first-order valence-electron chi connectivity index (χ1n) is 19.3. The van der Waals surface area contributed by atoms with Crippen LogP contribution >= 0.6 is 0 Å². The van der Waals surface area contributed by atoms with Gasteiger partial charge in [-0.25, -0.2) is 9.59 Å². The highest BCUT2D eigenvalue weighted by molar-refractivity contribution is 6.02. The Bertz CT molecular complexity index is 2070. The Balaban J connectivity index is 0.00000101. The Morgan fingerprint density at radius 2 is 1.44 bits per heavy atom. The third-order valence-corrected chi connectivity index (χ3v) is 10.1. The predicted molar refractivity (Wildman–Crippen MR) is 216 cm³/mol. The quantitative estimate of drug-likeness (QED) is 0.0422. The molecule has 0 bridgehead atoms. The molecular weight excluding hydrogens is 768 g/mol. The average molecular weight is 818 g/mol. The van der Waals surface area contributed by atoms with Crippen molar-refractivity contribution in [2.24, 2.45) is 17.6 Å². The number of hydrogen-bond donors (Lipinski definition) is 5. The molecular formula is C44H50F3N5O7. The number of amidine groups is 1. The number of carbonyl (C=O) groups excluding carboxylic acids is 4. The van der Waals surface area contributed by atoms with E-state index in [9.17, 15) is 32.3 Å². The number of nitrogens with one attached hydrogen (secondary N) is 3. The first-order valence-corrected chi connectivity index (χ1v) is 19.3. The van der Waals surface area contributed by atoms with Crippen molar-refractivity contribution >= 4 is 46.3 Å². The number of halogens is 3. The van der Waals surface area contributed by atoms with Gasteiger partial charge in [0.1, 0.15) is 23.8 Å². The van der Waals surface area contributed by atoms with E-state index in [1.807, 2.05) is 72.8 Å². The van der Waals surface area contributed by atoms with Gasteiger partial charge in [0.2, 0.25) is 17.7 Å². The zero-order valence-corrected chi connectivity index (χ0v) is 33.0. The second-order valence-electron chi connectivity index (χ2n) is 14.4. The Labute approximate surface area is 340 Å². The standard InChI is InChI=1S/C42H49N5O5.C2HF3O2/c1-3-52-42(51)36(26-33-19-12-18-30-15-10-11-20-34(30)33)45-40(49)37(31-16-8-5-9-17-31)46-39(48)35(25-28-21-23-32(24-22-28)38(43)44)41(50)47(2)27-29-13-6-4-7-14-29;3-2(4,5)1(6)7/h4,6-7,10-15,18-24,31,35-37H,3,5,8-9,16-17,25-27H2,1-2H3,(H3,43,44)(H,45,49)(H,46,48);(H,6,7)/t35-,36?,37?;/m0./s1. The minimum Gasteiger partial charge on any atom is -0.475 e. The summed E-state index contributed by atoms with van der Waals surface area (Å²) < 4.78 is 37.2. The molecule has 3 amide bonds. The van der Waals surface area contributed by atoms with Gasteiger partial charge < -0.3 is 31.1 Å². The summed E-state index contributed by atoms with van der Waals surface area (Å²) in [5.74, 6) is -6.14. The van der Waals surface area contributed by atoms with Crippen molar-refractivity contribution < 1.29 is 47.0 Å². The van der Waals surface area contributed by atoms with Gasteiger partial charge in [-0.15, -0.1) is 0 Å². The molecule has 1 saturated carbocycles. The van der Waals surface area contributed by atoms with E-state index in [0.29, 0.717) is 17.7 Å². The largest absolute Gasteiger partial charge is 0.490 e. The summed E-state index contributed by atoms with van der Waals surface area (Å²) in [5, 5.41) is 22.8. The lowest BCUT2D eigenvalue weighted by Gasteiger charge is -2.32. The number of benzene rings is 4. The SMILES string of the molecule is CCOC(=O)C(Cc1cccc2ccccc12)NC(=O)C(NC(=O)[C@H](Cc1ccc(C(=N)N)cc1)C(=O)N(C)Cc1ccccc1)C1CCCCC1.O=C(O)C(F)(F)F. The Kier molecular flexibility index (Phi) is 16.6. The number of hydrogen-bond acceptors (Lipinski definition) is 7. The zero-order chi connectivity index (χ0) is 43.1. The molecule has 1 fully saturated rings. The summed E-state index contributed by atoms with van der Waals surface area (Å²) in [4.78, 5) is 66.5. The normalized spacial score (nSPS) is 14.4. The molecule has 1 aliphatic rings. The average Bonchev–Trinajstić information content (AvgIpc) is 3.22. The second-order valence-corrected chi connectivity index (χ2v) is 14.4. The minimum atomic E-state index is -5.08. The van der Waals surface area contributed by atoms with Crippen LogP contribution in [-0.2, 0) is 48.1 Å². The molecule has 12 nitrogen and oxygen atoms in total. The Hall–Kier alpha value is -6.25. The predicted octanol–water partition coefficient (Wildman–Crippen LogP) is 5.93. The molecule has 1 aliphatic carbocycles. The molecule has 5 rings (SSSR count). The molecule has 59 heavy (non-hydrogen) atoms. The highest BCUT2D eigenvalue weighted by Gasteiger charge is 2.39. The Morgan fingerprint density at radius 3 is 2.05 bits per heavy atom. The number of rotatable bonds is 15. The van der Waals surface area contributed by atoms with Crippen molar-refractivity contribution in [1.82, 2.24) is 15.5 Å². The fourth-order valence-electron chi connectivity index (χ4n) is 7.06. The topological polar surface area (TPSA) is 192 Å². The van der Waals surface area contributed by atoms with Gasteiger partial charge in [-0.05, 0) is 59.6 Å². The van der Waals surface area contributed by atoms with E-state index in [4.69, 9.17) is 25.8 Å². The van der Waals surface area contributed by atoms with E-state index in [2.05, 4.69) is 10.6 Å². The van der Waals surface area contributed by atoms with E-state index in [-0.39, 0.29) is 37.1 Å². The maximum atomic E-state index is 14.4. The van der Waals surface area contributed by atoms with Crippen molar-refractivity contribution in [3.05, 3.63) is 119 Å². The van der Waals surface area contributed by atoms with Gasteiger partial charge in [-0.1, -0.05) is 116 Å². The molecule has 0 aliphatic heterocycles. The highest BCUT2D eigenvalue weighted by atomic mass is 19.4. The Morgan fingerprint density at radius 1 is 0.831 bits per heavy atom. The van der Waals surface area contributed by atoms with Crippen LogP contribution in [0.2, 0.25) is 0 Å². The molecule has 6 N–H and O–H groups in total. The fourth-order valence-corrected chi connectivity index (χ4v) is 7.06. The van der Waals surface area contributed by atoms with Gasteiger partial charge in [0.05, 0.1) is 6.61 Å². The molecule has 15 heteroatoms. The van der Waals surface area contributed by atoms with Crippen molar-refractivity contribution in [3.8, 4) is 0 Å². The van der Waals surface area contributed by atoms with Gasteiger partial charge in [0, 0.05) is 25.6 Å². The maximum absolute atomic E-state index is 14.4. The van der Waals surface area contributed by atoms with E-state index in [0.717, 1.165) is 54.0 Å². The molecule has 4 aromatic carbocycles. The number of esters is 1. The number of ether oxygens (including phenoxy) is 1. The van der Waals surface area contributed by atoms with E-state index >= 15 is 0 Å². The number of carbonyl (C=O) groups is 5. The maximum Gasteiger partial charge on any atom is 0.490 e. The zero-order valence-electron chi connectivity index (χ0n) is 33.0. The van der Waals surface area contributed by atoms with E-state index < -0.39 is 47.9 Å². The van der Waals surface area contributed by atoms with Gasteiger partial charge >= 0.3 is 18.1 Å². The van der Waals surface area contributed by atoms with Crippen LogP contribution in [0.15, 0.2) is 97.1 Å². The summed E-state index contributed by atoms with van der Waals surface area (Å²) in [6.45, 7) is 2.17. The van der Waals surface area contributed by atoms with Gasteiger partial charge in [-0.3, -0.25) is 19.8 Å². The third-order valence-electron chi connectivity index (χ3n) is 10.1. The molecule has 0 heterocycles.